The number of methoxy groups -OCH3 is 2. The van der Waals surface area contributed by atoms with Crippen molar-refractivity contribution in [1.29, 1.82) is 0 Å². The molecular formula is C20H34N4O2. The minimum Gasteiger partial charge on any atom is -0.493 e. The molecule has 0 amide bonds. The number of nitrogens with one attached hydrogen (secondary N) is 2. The molecule has 1 unspecified atom stereocenters. The maximum Gasteiger partial charge on any atom is 0.191 e. The van der Waals surface area contributed by atoms with Crippen LogP contribution in [0.2, 0.25) is 0 Å². The summed E-state index contributed by atoms with van der Waals surface area (Å²) in [4.78, 5) is 6.78. The van der Waals surface area contributed by atoms with E-state index in [0.717, 1.165) is 50.1 Å². The Morgan fingerprint density at radius 3 is 2.38 bits per heavy atom. The van der Waals surface area contributed by atoms with Gasteiger partial charge < -0.3 is 20.1 Å². The number of fused-ring (bicyclic) bond motifs is 1. The fraction of sp³-hybridized carbons (Fsp3) is 0.650. The first-order valence-corrected chi connectivity index (χ1v) is 9.41. The van der Waals surface area contributed by atoms with E-state index in [0.29, 0.717) is 12.0 Å². The van der Waals surface area contributed by atoms with E-state index in [-0.39, 0.29) is 0 Å². The van der Waals surface area contributed by atoms with Crippen LogP contribution in [0.4, 0.5) is 0 Å². The second kappa shape index (κ2) is 9.67. The van der Waals surface area contributed by atoms with Crippen LogP contribution in [0.5, 0.6) is 11.5 Å². The fourth-order valence-corrected chi connectivity index (χ4v) is 3.04. The third-order valence-corrected chi connectivity index (χ3v) is 5.11. The Balaban J connectivity index is 1.87. The van der Waals surface area contributed by atoms with Gasteiger partial charge in [0.1, 0.15) is 0 Å². The molecule has 26 heavy (non-hydrogen) atoms. The summed E-state index contributed by atoms with van der Waals surface area (Å²) in [7, 11) is 5.19. The van der Waals surface area contributed by atoms with E-state index >= 15 is 0 Å². The van der Waals surface area contributed by atoms with Gasteiger partial charge in [0, 0.05) is 39.3 Å². The quantitative estimate of drug-likeness (QED) is 0.576. The van der Waals surface area contributed by atoms with Gasteiger partial charge >= 0.3 is 0 Å². The SMILES string of the molecule is CN=C(NCCN1CCc2cc(OC)c(OC)cc2C1)NC(C)C(C)C. The topological polar surface area (TPSA) is 58.1 Å². The summed E-state index contributed by atoms with van der Waals surface area (Å²) in [6.07, 6.45) is 1.03. The number of guanidine groups is 1. The molecule has 1 aliphatic rings. The molecule has 6 nitrogen and oxygen atoms in total. The van der Waals surface area contributed by atoms with E-state index in [9.17, 15) is 0 Å². The fourth-order valence-electron chi connectivity index (χ4n) is 3.04. The van der Waals surface area contributed by atoms with Gasteiger partial charge in [-0.3, -0.25) is 9.89 Å². The standard InChI is InChI=1S/C20H34N4O2/c1-14(2)15(3)23-20(21-4)22-8-10-24-9-7-16-11-18(25-5)19(26-6)12-17(16)13-24/h11-12,14-15H,7-10,13H2,1-6H3,(H2,21,22,23). The van der Waals surface area contributed by atoms with Crippen LogP contribution < -0.4 is 20.1 Å². The minimum absolute atomic E-state index is 0.394. The molecule has 1 aliphatic heterocycles. The summed E-state index contributed by atoms with van der Waals surface area (Å²) in [5.41, 5.74) is 2.68. The average Bonchev–Trinajstić information content (AvgIpc) is 2.65. The first kappa shape index (κ1) is 20.4. The lowest BCUT2D eigenvalue weighted by Crippen LogP contribution is -2.46. The molecule has 0 aliphatic carbocycles. The van der Waals surface area contributed by atoms with Gasteiger partial charge in [-0.25, -0.2) is 0 Å². The zero-order chi connectivity index (χ0) is 19.1. The van der Waals surface area contributed by atoms with Crippen LogP contribution >= 0.6 is 0 Å². The van der Waals surface area contributed by atoms with Gasteiger partial charge in [-0.05, 0) is 42.5 Å². The highest BCUT2D eigenvalue weighted by Crippen LogP contribution is 2.33. The number of ether oxygens (including phenoxy) is 2. The summed E-state index contributed by atoms with van der Waals surface area (Å²) in [5.74, 6) is 3.06. The molecule has 0 aromatic heterocycles. The smallest absolute Gasteiger partial charge is 0.191 e. The molecule has 0 spiro atoms. The van der Waals surface area contributed by atoms with Gasteiger partial charge in [0.2, 0.25) is 0 Å². The van der Waals surface area contributed by atoms with Gasteiger partial charge in [0.05, 0.1) is 14.2 Å². The predicted octanol–water partition coefficient (Wildman–Crippen LogP) is 2.27. The molecule has 1 heterocycles. The van der Waals surface area contributed by atoms with Crippen molar-refractivity contribution in [2.24, 2.45) is 10.9 Å². The molecule has 2 rings (SSSR count). The second-order valence-electron chi connectivity index (χ2n) is 7.18. The maximum atomic E-state index is 5.44. The monoisotopic (exact) mass is 362 g/mol. The van der Waals surface area contributed by atoms with Crippen molar-refractivity contribution in [2.75, 3.05) is 40.9 Å². The predicted molar refractivity (Wildman–Crippen MR) is 107 cm³/mol. The molecule has 2 N–H and O–H groups in total. The van der Waals surface area contributed by atoms with Crippen molar-refractivity contribution in [3.63, 3.8) is 0 Å². The first-order chi connectivity index (χ1) is 12.5. The lowest BCUT2D eigenvalue weighted by atomic mass is 9.99. The van der Waals surface area contributed by atoms with Crippen molar-refractivity contribution >= 4 is 5.96 Å². The van der Waals surface area contributed by atoms with Gasteiger partial charge in [-0.1, -0.05) is 13.8 Å². The Kier molecular flexibility index (Phi) is 7.57. The molecule has 1 aromatic carbocycles. The van der Waals surface area contributed by atoms with Gasteiger partial charge in [0.15, 0.2) is 17.5 Å². The molecule has 1 atom stereocenters. The normalized spacial score (nSPS) is 16.2. The van der Waals surface area contributed by atoms with Crippen molar-refractivity contribution in [2.45, 2.75) is 39.8 Å². The van der Waals surface area contributed by atoms with Crippen LogP contribution in [0.15, 0.2) is 17.1 Å². The Labute approximate surface area is 158 Å². The molecule has 146 valence electrons. The van der Waals surface area contributed by atoms with Crippen molar-refractivity contribution in [1.82, 2.24) is 15.5 Å². The van der Waals surface area contributed by atoms with Gasteiger partial charge in [-0.15, -0.1) is 0 Å². The van der Waals surface area contributed by atoms with Crippen molar-refractivity contribution < 1.29 is 9.47 Å². The third kappa shape index (κ3) is 5.27. The molecule has 0 fully saturated rings. The third-order valence-electron chi connectivity index (χ3n) is 5.11. The Bertz CT molecular complexity index is 616. The maximum absolute atomic E-state index is 5.44. The lowest BCUT2D eigenvalue weighted by molar-refractivity contribution is 0.256. The highest BCUT2D eigenvalue weighted by Gasteiger charge is 2.19. The highest BCUT2D eigenvalue weighted by atomic mass is 16.5. The molecule has 0 saturated carbocycles. The molecule has 0 bridgehead atoms. The summed E-state index contributed by atoms with van der Waals surface area (Å²) in [6, 6.07) is 4.62. The molecule has 0 saturated heterocycles. The largest absolute Gasteiger partial charge is 0.493 e. The zero-order valence-electron chi connectivity index (χ0n) is 17.1. The van der Waals surface area contributed by atoms with E-state index in [1.54, 1.807) is 14.2 Å². The van der Waals surface area contributed by atoms with Crippen LogP contribution in [0.1, 0.15) is 31.9 Å². The van der Waals surface area contributed by atoms with Crippen LogP contribution in [0, 0.1) is 5.92 Å². The van der Waals surface area contributed by atoms with Crippen LogP contribution in [0.3, 0.4) is 0 Å². The number of benzene rings is 1. The summed E-state index contributed by atoms with van der Waals surface area (Å²) < 4.78 is 10.9. The van der Waals surface area contributed by atoms with E-state index in [4.69, 9.17) is 9.47 Å². The zero-order valence-corrected chi connectivity index (χ0v) is 17.1. The van der Waals surface area contributed by atoms with Crippen LogP contribution in [-0.2, 0) is 13.0 Å². The number of aliphatic imine (C=N–C) groups is 1. The number of nitrogens with zero attached hydrogens (tertiary/aromatic N) is 2. The molecule has 6 heteroatoms. The highest BCUT2D eigenvalue weighted by molar-refractivity contribution is 5.79. The van der Waals surface area contributed by atoms with Crippen LogP contribution in [0.25, 0.3) is 0 Å². The van der Waals surface area contributed by atoms with E-state index in [1.165, 1.54) is 11.1 Å². The van der Waals surface area contributed by atoms with Crippen molar-refractivity contribution in [3.8, 4) is 11.5 Å². The first-order valence-electron chi connectivity index (χ1n) is 9.41. The minimum atomic E-state index is 0.394. The number of hydrogen-bond acceptors (Lipinski definition) is 4. The van der Waals surface area contributed by atoms with Gasteiger partial charge in [-0.2, -0.15) is 0 Å². The van der Waals surface area contributed by atoms with E-state index < -0.39 is 0 Å². The Morgan fingerprint density at radius 1 is 1.15 bits per heavy atom. The van der Waals surface area contributed by atoms with Crippen LogP contribution in [-0.4, -0.2) is 57.8 Å². The van der Waals surface area contributed by atoms with Gasteiger partial charge in [0.25, 0.3) is 0 Å². The number of hydrogen-bond donors (Lipinski definition) is 2. The lowest BCUT2D eigenvalue weighted by Gasteiger charge is -2.30. The summed E-state index contributed by atoms with van der Waals surface area (Å²) in [6.45, 7) is 10.4. The van der Waals surface area contributed by atoms with Crippen molar-refractivity contribution in [3.05, 3.63) is 23.3 Å². The Hall–Kier alpha value is -1.95. The molecule has 0 radical (unpaired) electrons. The second-order valence-corrected chi connectivity index (χ2v) is 7.18. The Morgan fingerprint density at radius 2 is 1.81 bits per heavy atom. The molecule has 1 aromatic rings. The summed E-state index contributed by atoms with van der Waals surface area (Å²) >= 11 is 0. The van der Waals surface area contributed by atoms with E-state index in [2.05, 4.69) is 53.4 Å². The number of rotatable bonds is 7. The molecular weight excluding hydrogens is 328 g/mol. The average molecular weight is 363 g/mol. The summed E-state index contributed by atoms with van der Waals surface area (Å²) in [5, 5.41) is 6.86. The van der Waals surface area contributed by atoms with E-state index in [1.807, 2.05) is 7.05 Å².